The monoisotopic (exact) mass is 550 g/mol. The van der Waals surface area contributed by atoms with E-state index in [1.807, 2.05) is 54.7 Å². The Balaban J connectivity index is 1.37. The molecule has 0 atom stereocenters. The van der Waals surface area contributed by atoms with E-state index in [9.17, 15) is 4.79 Å². The van der Waals surface area contributed by atoms with E-state index in [-0.39, 0.29) is 5.91 Å². The first-order chi connectivity index (χ1) is 17.2. The zero-order valence-corrected chi connectivity index (χ0v) is 22.3. The number of aliphatic imine (C=N–C) groups is 1. The highest BCUT2D eigenvalue weighted by molar-refractivity contribution is 9.10. The Morgan fingerprint density at radius 2 is 1.80 bits per heavy atom. The molecule has 0 aliphatic heterocycles. The van der Waals surface area contributed by atoms with Crippen molar-refractivity contribution < 1.29 is 9.53 Å². The van der Waals surface area contributed by atoms with Crippen molar-refractivity contribution in [1.29, 1.82) is 0 Å². The van der Waals surface area contributed by atoms with Gasteiger partial charge in [-0.2, -0.15) is 0 Å². The Kier molecular flexibility index (Phi) is 7.99. The minimum absolute atomic E-state index is 0.0585. The molecular weight excluding hydrogens is 520 g/mol. The number of para-hydroxylation sites is 1. The first-order valence-electron chi connectivity index (χ1n) is 12.6. The Morgan fingerprint density at radius 3 is 2.63 bits per heavy atom. The molecule has 1 heterocycles. The van der Waals surface area contributed by atoms with Crippen LogP contribution in [-0.2, 0) is 19.4 Å². The van der Waals surface area contributed by atoms with Gasteiger partial charge in [0.25, 0.3) is 5.91 Å². The number of fused-ring (bicyclic) bond motifs is 1. The molecule has 2 aliphatic carbocycles. The zero-order valence-electron chi connectivity index (χ0n) is 19.9. The molecule has 3 aromatic rings. The second-order valence-corrected chi connectivity index (χ2v) is 11.4. The van der Waals surface area contributed by atoms with E-state index in [1.54, 1.807) is 11.3 Å². The molecule has 2 aromatic carbocycles. The average Bonchev–Trinajstić information content (AvgIpc) is 3.27. The van der Waals surface area contributed by atoms with Crippen LogP contribution in [0.2, 0.25) is 0 Å². The van der Waals surface area contributed by atoms with Crippen molar-refractivity contribution in [3.63, 3.8) is 0 Å². The maximum atomic E-state index is 13.4. The number of hydrogen-bond donors (Lipinski definition) is 1. The second-order valence-electron chi connectivity index (χ2n) is 9.41. The van der Waals surface area contributed by atoms with Gasteiger partial charge in [-0.15, -0.1) is 11.3 Å². The molecule has 0 unspecified atom stereocenters. The molecule has 1 aromatic heterocycles. The number of halogens is 1. The largest absolute Gasteiger partial charge is 0.488 e. The molecule has 4 nitrogen and oxygen atoms in total. The smallest absolute Gasteiger partial charge is 0.254 e. The summed E-state index contributed by atoms with van der Waals surface area (Å²) < 4.78 is 7.18. The molecule has 1 saturated carbocycles. The summed E-state index contributed by atoms with van der Waals surface area (Å²) in [6.45, 7) is 0.487. The third-order valence-corrected chi connectivity index (χ3v) is 8.60. The zero-order chi connectivity index (χ0) is 24.0. The SMILES string of the molecule is O=C(NC1CCCCC1)c1c(N=Cc2ccccc2OCc2ccc(Br)cc2)sc2c1CCCC2. The molecule has 1 N–H and O–H groups in total. The fourth-order valence-electron chi connectivity index (χ4n) is 4.97. The molecule has 0 saturated heterocycles. The van der Waals surface area contributed by atoms with E-state index in [1.165, 1.54) is 36.1 Å². The van der Waals surface area contributed by atoms with Crippen LogP contribution in [0.1, 0.15) is 76.9 Å². The number of benzene rings is 2. The van der Waals surface area contributed by atoms with Gasteiger partial charge in [-0.25, -0.2) is 4.99 Å². The van der Waals surface area contributed by atoms with Crippen LogP contribution in [0.4, 0.5) is 5.00 Å². The third kappa shape index (κ3) is 6.04. The van der Waals surface area contributed by atoms with Gasteiger partial charge in [-0.3, -0.25) is 4.79 Å². The Bertz CT molecular complexity index is 1200. The van der Waals surface area contributed by atoms with Crippen molar-refractivity contribution in [2.24, 2.45) is 4.99 Å². The van der Waals surface area contributed by atoms with Crippen molar-refractivity contribution in [3.8, 4) is 5.75 Å². The van der Waals surface area contributed by atoms with Gasteiger partial charge < -0.3 is 10.1 Å². The molecule has 35 heavy (non-hydrogen) atoms. The van der Waals surface area contributed by atoms with E-state index >= 15 is 0 Å². The number of nitrogens with zero attached hydrogens (tertiary/aromatic N) is 1. The average molecular weight is 552 g/mol. The minimum atomic E-state index is 0.0585. The molecule has 2 aliphatic rings. The lowest BCUT2D eigenvalue weighted by molar-refractivity contribution is 0.0927. The summed E-state index contributed by atoms with van der Waals surface area (Å²) in [6.07, 6.45) is 12.1. The summed E-state index contributed by atoms with van der Waals surface area (Å²) in [5.41, 5.74) is 4.04. The molecular formula is C29H31BrN2O2S. The van der Waals surface area contributed by atoms with E-state index < -0.39 is 0 Å². The lowest BCUT2D eigenvalue weighted by Gasteiger charge is -2.23. The molecule has 0 bridgehead atoms. The Hall–Kier alpha value is -2.44. The van der Waals surface area contributed by atoms with Crippen LogP contribution < -0.4 is 10.1 Å². The maximum absolute atomic E-state index is 13.4. The lowest BCUT2D eigenvalue weighted by Crippen LogP contribution is -2.36. The Labute approximate surface area is 220 Å². The molecule has 1 amide bonds. The number of aryl methyl sites for hydroxylation is 1. The predicted octanol–water partition coefficient (Wildman–Crippen LogP) is 7.78. The molecule has 1 fully saturated rings. The summed E-state index contributed by atoms with van der Waals surface area (Å²) in [7, 11) is 0. The first kappa shape index (κ1) is 24.3. The van der Waals surface area contributed by atoms with Crippen molar-refractivity contribution in [3.05, 3.63) is 80.1 Å². The number of thiophene rings is 1. The van der Waals surface area contributed by atoms with Crippen LogP contribution in [0, 0.1) is 0 Å². The quantitative estimate of drug-likeness (QED) is 0.305. The van der Waals surface area contributed by atoms with Crippen LogP contribution in [0.5, 0.6) is 5.75 Å². The minimum Gasteiger partial charge on any atom is -0.488 e. The van der Waals surface area contributed by atoms with E-state index in [0.717, 1.165) is 64.0 Å². The van der Waals surface area contributed by atoms with Gasteiger partial charge in [0.15, 0.2) is 0 Å². The number of amides is 1. The fraction of sp³-hybridized carbons (Fsp3) is 0.379. The molecule has 5 rings (SSSR count). The van der Waals surface area contributed by atoms with Gasteiger partial charge in [-0.1, -0.05) is 59.5 Å². The van der Waals surface area contributed by atoms with Crippen molar-refractivity contribution in [1.82, 2.24) is 5.32 Å². The van der Waals surface area contributed by atoms with E-state index in [0.29, 0.717) is 12.6 Å². The molecule has 6 heteroatoms. The number of nitrogens with one attached hydrogen (secondary N) is 1. The number of hydrogen-bond acceptors (Lipinski definition) is 4. The number of carbonyl (C=O) groups excluding carboxylic acids is 1. The number of rotatable bonds is 7. The summed E-state index contributed by atoms with van der Waals surface area (Å²) in [5.74, 6) is 0.844. The highest BCUT2D eigenvalue weighted by Crippen LogP contribution is 2.40. The van der Waals surface area contributed by atoms with Crippen LogP contribution in [-0.4, -0.2) is 18.2 Å². The standard InChI is InChI=1S/C29H31BrN2O2S/c30-22-16-14-20(15-17-22)19-34-25-12-6-4-8-21(25)18-31-29-27(24-11-5-7-13-26(24)35-29)28(33)32-23-9-2-1-3-10-23/h4,6,8,12,14-18,23H,1-3,5,7,9-11,13,19H2,(H,32,33). The van der Waals surface area contributed by atoms with Crippen molar-refractivity contribution in [2.45, 2.75) is 70.4 Å². The Morgan fingerprint density at radius 1 is 1.03 bits per heavy atom. The number of ether oxygens (including phenoxy) is 1. The summed E-state index contributed by atoms with van der Waals surface area (Å²) in [6, 6.07) is 16.4. The number of carbonyl (C=O) groups is 1. The third-order valence-electron chi connectivity index (χ3n) is 6.87. The summed E-state index contributed by atoms with van der Waals surface area (Å²) in [4.78, 5) is 19.6. The van der Waals surface area contributed by atoms with Gasteiger partial charge in [-0.05, 0) is 73.9 Å². The first-order valence-corrected chi connectivity index (χ1v) is 14.2. The highest BCUT2D eigenvalue weighted by atomic mass is 79.9. The lowest BCUT2D eigenvalue weighted by atomic mass is 9.93. The van der Waals surface area contributed by atoms with E-state index in [2.05, 4.69) is 21.2 Å². The van der Waals surface area contributed by atoms with Gasteiger partial charge in [0, 0.05) is 27.2 Å². The van der Waals surface area contributed by atoms with Gasteiger partial charge >= 0.3 is 0 Å². The molecule has 0 spiro atoms. The van der Waals surface area contributed by atoms with Crippen LogP contribution in [0.3, 0.4) is 0 Å². The van der Waals surface area contributed by atoms with Gasteiger partial charge in [0.1, 0.15) is 17.4 Å². The van der Waals surface area contributed by atoms with Gasteiger partial charge in [0.2, 0.25) is 0 Å². The summed E-state index contributed by atoms with van der Waals surface area (Å²) in [5, 5.41) is 4.16. The maximum Gasteiger partial charge on any atom is 0.254 e. The summed E-state index contributed by atoms with van der Waals surface area (Å²) >= 11 is 5.16. The van der Waals surface area contributed by atoms with E-state index in [4.69, 9.17) is 9.73 Å². The molecule has 182 valence electrons. The molecule has 0 radical (unpaired) electrons. The van der Waals surface area contributed by atoms with Crippen molar-refractivity contribution in [2.75, 3.05) is 0 Å². The predicted molar refractivity (Wildman–Crippen MR) is 147 cm³/mol. The van der Waals surface area contributed by atoms with Crippen molar-refractivity contribution >= 4 is 44.4 Å². The fourth-order valence-corrected chi connectivity index (χ4v) is 6.46. The van der Waals surface area contributed by atoms with Crippen LogP contribution >= 0.6 is 27.3 Å². The van der Waals surface area contributed by atoms with Crippen LogP contribution in [0.25, 0.3) is 0 Å². The second kappa shape index (κ2) is 11.5. The van der Waals surface area contributed by atoms with Crippen LogP contribution in [0.15, 0.2) is 58.0 Å². The highest BCUT2D eigenvalue weighted by Gasteiger charge is 2.27. The topological polar surface area (TPSA) is 50.7 Å². The normalized spacial score (nSPS) is 16.3. The van der Waals surface area contributed by atoms with Gasteiger partial charge in [0.05, 0.1) is 5.56 Å².